The second kappa shape index (κ2) is 7.71. The first-order valence-corrected chi connectivity index (χ1v) is 10.2. The maximum Gasteiger partial charge on any atom is 0.264 e. The first-order valence-electron chi connectivity index (χ1n) is 8.42. The molecule has 140 valence electrons. The lowest BCUT2D eigenvalue weighted by Gasteiger charge is -2.31. The zero-order valence-electron chi connectivity index (χ0n) is 14.9. The van der Waals surface area contributed by atoms with Gasteiger partial charge in [-0.25, -0.2) is 12.8 Å². The summed E-state index contributed by atoms with van der Waals surface area (Å²) in [7, 11) is -3.97. The Morgan fingerprint density at radius 1 is 0.963 bits per heavy atom. The van der Waals surface area contributed by atoms with E-state index in [9.17, 15) is 12.8 Å². The SMILES string of the molecule is Cc1ccc(N([C@H](C)c2ccccc2)S(=O)(=O)c2ccc(F)c(Cl)c2)cc1. The number of hydrogen-bond donors (Lipinski definition) is 0. The van der Waals surface area contributed by atoms with Gasteiger partial charge in [0, 0.05) is 0 Å². The molecule has 0 fully saturated rings. The van der Waals surface area contributed by atoms with Crippen LogP contribution in [-0.2, 0) is 10.0 Å². The molecular weight excluding hydrogens is 385 g/mol. The Balaban J connectivity index is 2.16. The van der Waals surface area contributed by atoms with Crippen LogP contribution in [0.2, 0.25) is 5.02 Å². The maximum absolute atomic E-state index is 13.5. The average molecular weight is 404 g/mol. The quantitative estimate of drug-likeness (QED) is 0.544. The molecule has 0 amide bonds. The number of sulfonamides is 1. The van der Waals surface area contributed by atoms with Crippen LogP contribution in [0.3, 0.4) is 0 Å². The average Bonchev–Trinajstić information content (AvgIpc) is 2.66. The largest absolute Gasteiger partial charge is 0.264 e. The van der Waals surface area contributed by atoms with Gasteiger partial charge in [0.1, 0.15) is 5.82 Å². The zero-order valence-corrected chi connectivity index (χ0v) is 16.5. The van der Waals surface area contributed by atoms with Gasteiger partial charge < -0.3 is 0 Å². The van der Waals surface area contributed by atoms with Crippen LogP contribution in [0.1, 0.15) is 24.1 Å². The van der Waals surface area contributed by atoms with Gasteiger partial charge in [-0.3, -0.25) is 4.31 Å². The summed E-state index contributed by atoms with van der Waals surface area (Å²) >= 11 is 5.83. The second-order valence-electron chi connectivity index (χ2n) is 6.30. The van der Waals surface area contributed by atoms with Crippen molar-refractivity contribution < 1.29 is 12.8 Å². The highest BCUT2D eigenvalue weighted by atomic mass is 35.5. The molecule has 27 heavy (non-hydrogen) atoms. The monoisotopic (exact) mass is 403 g/mol. The Hall–Kier alpha value is -2.37. The summed E-state index contributed by atoms with van der Waals surface area (Å²) in [5, 5.41) is -0.229. The number of hydrogen-bond acceptors (Lipinski definition) is 2. The number of aryl methyl sites for hydroxylation is 1. The van der Waals surface area contributed by atoms with Crippen molar-refractivity contribution in [2.75, 3.05) is 4.31 Å². The first kappa shape index (κ1) is 19.4. The van der Waals surface area contributed by atoms with E-state index in [0.29, 0.717) is 5.69 Å². The lowest BCUT2D eigenvalue weighted by atomic mass is 10.1. The van der Waals surface area contributed by atoms with E-state index in [1.807, 2.05) is 56.3 Å². The Morgan fingerprint density at radius 3 is 2.19 bits per heavy atom. The van der Waals surface area contributed by atoms with Crippen LogP contribution in [0.15, 0.2) is 77.7 Å². The summed E-state index contributed by atoms with van der Waals surface area (Å²) in [6.45, 7) is 3.75. The predicted octanol–water partition coefficient (Wildman–Crippen LogP) is 5.74. The van der Waals surface area contributed by atoms with Gasteiger partial charge in [-0.15, -0.1) is 0 Å². The normalized spacial score (nSPS) is 12.6. The van der Waals surface area contributed by atoms with E-state index in [1.165, 1.54) is 10.4 Å². The van der Waals surface area contributed by atoms with Gasteiger partial charge in [-0.2, -0.15) is 0 Å². The molecule has 3 nitrogen and oxygen atoms in total. The minimum Gasteiger partial charge on any atom is -0.259 e. The smallest absolute Gasteiger partial charge is 0.259 e. The molecule has 3 aromatic rings. The summed E-state index contributed by atoms with van der Waals surface area (Å²) in [5.74, 6) is -0.659. The Labute approximate surface area is 164 Å². The number of halogens is 2. The van der Waals surface area contributed by atoms with Gasteiger partial charge >= 0.3 is 0 Å². The standard InChI is InChI=1S/C21H19ClFNO2S/c1-15-8-10-18(11-9-15)24(16(2)17-6-4-3-5-7-17)27(25,26)19-12-13-21(23)20(22)14-19/h3-14,16H,1-2H3/t16-/m1/s1. The molecular formula is C21H19ClFNO2S. The lowest BCUT2D eigenvalue weighted by Crippen LogP contribution is -2.33. The molecule has 0 heterocycles. The predicted molar refractivity (Wildman–Crippen MR) is 107 cm³/mol. The Bertz CT molecular complexity index is 1040. The van der Waals surface area contributed by atoms with E-state index in [0.717, 1.165) is 23.3 Å². The molecule has 0 saturated carbocycles. The fourth-order valence-corrected chi connectivity index (χ4v) is 4.80. The fourth-order valence-electron chi connectivity index (χ4n) is 2.88. The highest BCUT2D eigenvalue weighted by Gasteiger charge is 2.30. The summed E-state index contributed by atoms with van der Waals surface area (Å²) in [5.41, 5.74) is 2.39. The van der Waals surface area contributed by atoms with E-state index in [4.69, 9.17) is 11.6 Å². The lowest BCUT2D eigenvalue weighted by molar-refractivity contribution is 0.582. The van der Waals surface area contributed by atoms with E-state index >= 15 is 0 Å². The van der Waals surface area contributed by atoms with Gasteiger partial charge in [-0.05, 0) is 49.7 Å². The Kier molecular flexibility index (Phi) is 5.53. The molecule has 0 spiro atoms. The van der Waals surface area contributed by atoms with Gasteiger partial charge in [0.25, 0.3) is 10.0 Å². The number of anilines is 1. The molecule has 0 unspecified atom stereocenters. The number of rotatable bonds is 5. The molecule has 0 bridgehead atoms. The molecule has 0 aromatic heterocycles. The van der Waals surface area contributed by atoms with Crippen LogP contribution < -0.4 is 4.31 Å². The van der Waals surface area contributed by atoms with Crippen molar-refractivity contribution in [2.45, 2.75) is 24.8 Å². The van der Waals surface area contributed by atoms with Crippen molar-refractivity contribution in [1.82, 2.24) is 0 Å². The van der Waals surface area contributed by atoms with E-state index < -0.39 is 21.9 Å². The third-order valence-electron chi connectivity index (χ3n) is 4.37. The van der Waals surface area contributed by atoms with Crippen LogP contribution in [0.5, 0.6) is 0 Å². The zero-order chi connectivity index (χ0) is 19.6. The van der Waals surface area contributed by atoms with Crippen molar-refractivity contribution in [1.29, 1.82) is 0 Å². The summed E-state index contributed by atoms with van der Waals surface area (Å²) in [4.78, 5) is -0.0581. The molecule has 0 saturated heterocycles. The van der Waals surface area contributed by atoms with E-state index in [1.54, 1.807) is 12.1 Å². The number of benzene rings is 3. The third kappa shape index (κ3) is 3.99. The molecule has 0 aliphatic carbocycles. The molecule has 6 heteroatoms. The molecule has 3 rings (SSSR count). The Morgan fingerprint density at radius 2 is 1.59 bits per heavy atom. The van der Waals surface area contributed by atoms with Crippen LogP contribution in [0.4, 0.5) is 10.1 Å². The van der Waals surface area contributed by atoms with E-state index in [2.05, 4.69) is 0 Å². The third-order valence-corrected chi connectivity index (χ3v) is 6.55. The van der Waals surface area contributed by atoms with E-state index in [-0.39, 0.29) is 9.92 Å². The minimum atomic E-state index is -3.97. The van der Waals surface area contributed by atoms with Crippen LogP contribution in [-0.4, -0.2) is 8.42 Å². The summed E-state index contributed by atoms with van der Waals surface area (Å²) < 4.78 is 41.8. The first-order chi connectivity index (χ1) is 12.8. The maximum atomic E-state index is 13.5. The van der Waals surface area contributed by atoms with Crippen molar-refractivity contribution in [3.05, 3.63) is 94.8 Å². The molecule has 0 N–H and O–H groups in total. The highest BCUT2D eigenvalue weighted by molar-refractivity contribution is 7.92. The van der Waals surface area contributed by atoms with Gasteiger partial charge in [0.15, 0.2) is 0 Å². The number of nitrogens with zero attached hydrogens (tertiary/aromatic N) is 1. The van der Waals surface area contributed by atoms with Crippen LogP contribution >= 0.6 is 11.6 Å². The summed E-state index contributed by atoms with van der Waals surface area (Å²) in [6.07, 6.45) is 0. The minimum absolute atomic E-state index is 0.0581. The van der Waals surface area contributed by atoms with Crippen molar-refractivity contribution in [3.63, 3.8) is 0 Å². The van der Waals surface area contributed by atoms with Gasteiger partial charge in [0.2, 0.25) is 0 Å². The fraction of sp³-hybridized carbons (Fsp3) is 0.143. The van der Waals surface area contributed by atoms with Crippen molar-refractivity contribution in [3.8, 4) is 0 Å². The van der Waals surface area contributed by atoms with Crippen molar-refractivity contribution >= 4 is 27.3 Å². The van der Waals surface area contributed by atoms with Crippen LogP contribution in [0, 0.1) is 12.7 Å². The highest BCUT2D eigenvalue weighted by Crippen LogP contribution is 2.34. The molecule has 0 radical (unpaired) electrons. The molecule has 1 atom stereocenters. The second-order valence-corrected chi connectivity index (χ2v) is 8.52. The topological polar surface area (TPSA) is 37.4 Å². The van der Waals surface area contributed by atoms with Crippen molar-refractivity contribution in [2.24, 2.45) is 0 Å². The van der Waals surface area contributed by atoms with Gasteiger partial charge in [-0.1, -0.05) is 59.6 Å². The van der Waals surface area contributed by atoms with Gasteiger partial charge in [0.05, 0.1) is 21.6 Å². The van der Waals surface area contributed by atoms with Crippen LogP contribution in [0.25, 0.3) is 0 Å². The summed E-state index contributed by atoms with van der Waals surface area (Å²) in [6, 6.07) is 19.5. The molecule has 3 aromatic carbocycles. The molecule has 0 aliphatic heterocycles. The molecule has 0 aliphatic rings.